The van der Waals surface area contributed by atoms with Gasteiger partial charge in [-0.15, -0.1) is 0 Å². The van der Waals surface area contributed by atoms with Crippen molar-refractivity contribution in [2.75, 3.05) is 11.9 Å². The van der Waals surface area contributed by atoms with Crippen LogP contribution in [-0.2, 0) is 16.1 Å². The van der Waals surface area contributed by atoms with Gasteiger partial charge in [-0.05, 0) is 42.0 Å². The summed E-state index contributed by atoms with van der Waals surface area (Å²) in [4.78, 5) is 33.6. The van der Waals surface area contributed by atoms with Gasteiger partial charge in [0, 0.05) is 18.9 Å². The van der Waals surface area contributed by atoms with Crippen molar-refractivity contribution in [2.24, 2.45) is 0 Å². The molecule has 0 N–H and O–H groups in total. The maximum absolute atomic E-state index is 13.4. The van der Waals surface area contributed by atoms with Gasteiger partial charge in [0.05, 0.1) is 17.8 Å². The zero-order valence-corrected chi connectivity index (χ0v) is 15.7. The topological polar surface area (TPSA) is 53.5 Å². The van der Waals surface area contributed by atoms with E-state index in [-0.39, 0.29) is 17.8 Å². The first-order valence-electron chi connectivity index (χ1n) is 9.11. The second-order valence-electron chi connectivity index (χ2n) is 6.64. The highest BCUT2D eigenvalue weighted by atomic mass is 19.1. The number of para-hydroxylation sites is 1. The molecule has 6 heteroatoms. The fraction of sp³-hybridized carbons (Fsp3) is 0.0870. The number of amides is 2. The summed E-state index contributed by atoms with van der Waals surface area (Å²) in [7, 11) is 1.74. The maximum Gasteiger partial charge on any atom is 0.278 e. The molecule has 2 amide bonds. The van der Waals surface area contributed by atoms with E-state index >= 15 is 0 Å². The van der Waals surface area contributed by atoms with E-state index < -0.39 is 17.6 Å². The van der Waals surface area contributed by atoms with Crippen molar-refractivity contribution in [3.8, 4) is 0 Å². The summed E-state index contributed by atoms with van der Waals surface area (Å²) < 4.78 is 13.4. The minimum absolute atomic E-state index is 0.0648. The van der Waals surface area contributed by atoms with Crippen LogP contribution < -0.4 is 4.90 Å². The summed E-state index contributed by atoms with van der Waals surface area (Å²) in [6.07, 6.45) is 1.62. The normalized spacial score (nSPS) is 13.9. The SMILES string of the molecule is CN(C1=C(c2ccc(F)cc2)C(=O)N(Cc2ccccn2)C1=O)c1ccccc1. The number of hydrogen-bond acceptors (Lipinski definition) is 4. The van der Waals surface area contributed by atoms with Crippen LogP contribution in [0.4, 0.5) is 10.1 Å². The maximum atomic E-state index is 13.4. The number of anilines is 1. The second-order valence-corrected chi connectivity index (χ2v) is 6.64. The molecule has 2 aromatic carbocycles. The third kappa shape index (κ3) is 3.52. The molecule has 5 nitrogen and oxygen atoms in total. The first-order valence-corrected chi connectivity index (χ1v) is 9.11. The first kappa shape index (κ1) is 18.6. The number of benzene rings is 2. The van der Waals surface area contributed by atoms with Crippen LogP contribution in [0.25, 0.3) is 5.57 Å². The van der Waals surface area contributed by atoms with Gasteiger partial charge in [-0.3, -0.25) is 19.5 Å². The Morgan fingerprint density at radius 1 is 0.897 bits per heavy atom. The number of nitrogens with zero attached hydrogens (tertiary/aromatic N) is 3. The van der Waals surface area contributed by atoms with Crippen LogP contribution in [-0.4, -0.2) is 28.7 Å². The van der Waals surface area contributed by atoms with Gasteiger partial charge in [-0.25, -0.2) is 4.39 Å². The summed E-state index contributed by atoms with van der Waals surface area (Å²) in [5, 5.41) is 0. The Hall–Kier alpha value is -3.80. The molecule has 29 heavy (non-hydrogen) atoms. The summed E-state index contributed by atoms with van der Waals surface area (Å²) >= 11 is 0. The van der Waals surface area contributed by atoms with Crippen molar-refractivity contribution >= 4 is 23.1 Å². The first-order chi connectivity index (χ1) is 14.1. The third-order valence-electron chi connectivity index (χ3n) is 4.80. The van der Waals surface area contributed by atoms with Gasteiger partial charge < -0.3 is 4.90 Å². The largest absolute Gasteiger partial charge is 0.339 e. The van der Waals surface area contributed by atoms with Crippen LogP contribution in [0.3, 0.4) is 0 Å². The molecular formula is C23H18FN3O2. The van der Waals surface area contributed by atoms with Crippen LogP contribution in [0.5, 0.6) is 0 Å². The van der Waals surface area contributed by atoms with Crippen LogP contribution in [0.15, 0.2) is 84.7 Å². The van der Waals surface area contributed by atoms with E-state index in [9.17, 15) is 14.0 Å². The Labute approximate surface area is 167 Å². The predicted molar refractivity (Wildman–Crippen MR) is 108 cm³/mol. The molecule has 1 aromatic heterocycles. The lowest BCUT2D eigenvalue weighted by atomic mass is 10.0. The number of pyridine rings is 1. The Morgan fingerprint density at radius 2 is 1.59 bits per heavy atom. The molecule has 0 bridgehead atoms. The number of carbonyl (C=O) groups excluding carboxylic acids is 2. The molecular weight excluding hydrogens is 369 g/mol. The molecule has 0 atom stereocenters. The van der Waals surface area contributed by atoms with E-state index in [1.807, 2.05) is 30.3 Å². The van der Waals surface area contributed by atoms with Gasteiger partial charge in [-0.2, -0.15) is 0 Å². The highest BCUT2D eigenvalue weighted by Crippen LogP contribution is 2.34. The number of carbonyl (C=O) groups is 2. The van der Waals surface area contributed by atoms with Gasteiger partial charge in [-0.1, -0.05) is 36.4 Å². The monoisotopic (exact) mass is 387 g/mol. The van der Waals surface area contributed by atoms with Crippen molar-refractivity contribution in [1.82, 2.24) is 9.88 Å². The van der Waals surface area contributed by atoms with Crippen LogP contribution >= 0.6 is 0 Å². The second kappa shape index (κ2) is 7.67. The van der Waals surface area contributed by atoms with Crippen LogP contribution in [0, 0.1) is 5.82 Å². The van der Waals surface area contributed by atoms with Crippen molar-refractivity contribution in [2.45, 2.75) is 6.54 Å². The van der Waals surface area contributed by atoms with E-state index in [1.54, 1.807) is 36.3 Å². The molecule has 1 aliphatic heterocycles. The number of hydrogen-bond donors (Lipinski definition) is 0. The van der Waals surface area contributed by atoms with Crippen LogP contribution in [0.1, 0.15) is 11.3 Å². The number of likely N-dealkylation sites (N-methyl/N-ethyl adjacent to an activating group) is 1. The van der Waals surface area contributed by atoms with E-state index in [0.29, 0.717) is 11.3 Å². The van der Waals surface area contributed by atoms with Crippen molar-refractivity contribution in [3.63, 3.8) is 0 Å². The zero-order valence-electron chi connectivity index (χ0n) is 15.7. The molecule has 1 aliphatic rings. The standard InChI is InChI=1S/C23H18FN3O2/c1-26(19-8-3-2-4-9-19)21-20(16-10-12-17(24)13-11-16)22(28)27(23(21)29)15-18-7-5-6-14-25-18/h2-14H,15H2,1H3. The number of rotatable bonds is 5. The summed E-state index contributed by atoms with van der Waals surface area (Å²) in [6.45, 7) is 0.0648. The lowest BCUT2D eigenvalue weighted by molar-refractivity contribution is -0.137. The van der Waals surface area contributed by atoms with E-state index in [1.165, 1.54) is 29.2 Å². The molecule has 3 aromatic rings. The molecule has 2 heterocycles. The third-order valence-corrected chi connectivity index (χ3v) is 4.80. The molecule has 0 fully saturated rings. The lowest BCUT2D eigenvalue weighted by Crippen LogP contribution is -2.34. The van der Waals surface area contributed by atoms with Crippen molar-refractivity contribution < 1.29 is 14.0 Å². The minimum atomic E-state index is -0.426. The smallest absolute Gasteiger partial charge is 0.278 e. The molecule has 0 radical (unpaired) electrons. The Morgan fingerprint density at radius 3 is 2.24 bits per heavy atom. The van der Waals surface area contributed by atoms with Gasteiger partial charge in [0.2, 0.25) is 0 Å². The van der Waals surface area contributed by atoms with Gasteiger partial charge in [0.15, 0.2) is 0 Å². The fourth-order valence-electron chi connectivity index (χ4n) is 3.33. The summed E-state index contributed by atoms with van der Waals surface area (Å²) in [6, 6.07) is 20.2. The quantitative estimate of drug-likeness (QED) is 0.628. The van der Waals surface area contributed by atoms with Gasteiger partial charge >= 0.3 is 0 Å². The number of aromatic nitrogens is 1. The average Bonchev–Trinajstić information content (AvgIpc) is 3.00. The van der Waals surface area contributed by atoms with E-state index in [4.69, 9.17) is 0 Å². The molecule has 4 rings (SSSR count). The lowest BCUT2D eigenvalue weighted by Gasteiger charge is -2.21. The minimum Gasteiger partial charge on any atom is -0.339 e. The molecule has 0 saturated carbocycles. The van der Waals surface area contributed by atoms with E-state index in [0.717, 1.165) is 5.69 Å². The number of imide groups is 1. The van der Waals surface area contributed by atoms with Crippen LogP contribution in [0.2, 0.25) is 0 Å². The van der Waals surface area contributed by atoms with Crippen molar-refractivity contribution in [1.29, 1.82) is 0 Å². The summed E-state index contributed by atoms with van der Waals surface area (Å²) in [5.41, 5.74) is 2.37. The molecule has 0 unspecified atom stereocenters. The molecule has 0 saturated heterocycles. The summed E-state index contributed by atoms with van der Waals surface area (Å²) in [5.74, 6) is -1.24. The molecule has 144 valence electrons. The average molecular weight is 387 g/mol. The predicted octanol–water partition coefficient (Wildman–Crippen LogP) is 3.64. The molecule has 0 spiro atoms. The fourth-order valence-corrected chi connectivity index (χ4v) is 3.33. The Kier molecular flexibility index (Phi) is 4.91. The molecule has 0 aliphatic carbocycles. The van der Waals surface area contributed by atoms with E-state index in [2.05, 4.69) is 4.98 Å². The highest BCUT2D eigenvalue weighted by molar-refractivity contribution is 6.36. The Balaban J connectivity index is 1.79. The highest BCUT2D eigenvalue weighted by Gasteiger charge is 2.41. The van der Waals surface area contributed by atoms with Gasteiger partial charge in [0.25, 0.3) is 11.8 Å². The zero-order chi connectivity index (χ0) is 20.4. The Bertz CT molecular complexity index is 1080. The number of halogens is 1. The van der Waals surface area contributed by atoms with Gasteiger partial charge in [0.1, 0.15) is 11.5 Å². The van der Waals surface area contributed by atoms with Crippen molar-refractivity contribution in [3.05, 3.63) is 102 Å².